The number of benzene rings is 2. The molecule has 4 nitrogen and oxygen atoms in total. The molecule has 0 aliphatic rings. The van der Waals surface area contributed by atoms with Crippen LogP contribution < -0.4 is 9.47 Å². The summed E-state index contributed by atoms with van der Waals surface area (Å²) in [4.78, 5) is 9.00. The number of aromatic nitrogens is 2. The predicted octanol–water partition coefficient (Wildman–Crippen LogP) is 9.15. The molecular formula is C32H44N2O2. The lowest BCUT2D eigenvalue weighted by molar-refractivity contribution is 0.302. The second-order valence-corrected chi connectivity index (χ2v) is 9.82. The number of hydrogen-bond acceptors (Lipinski definition) is 4. The van der Waals surface area contributed by atoms with Gasteiger partial charge in [-0.2, -0.15) is 0 Å². The van der Waals surface area contributed by atoms with E-state index in [0.717, 1.165) is 49.0 Å². The van der Waals surface area contributed by atoms with Crippen molar-refractivity contribution >= 4 is 0 Å². The van der Waals surface area contributed by atoms with Crippen LogP contribution in [0.25, 0.3) is 22.5 Å². The Morgan fingerprint density at radius 2 is 1.14 bits per heavy atom. The van der Waals surface area contributed by atoms with Crippen LogP contribution in [0.4, 0.5) is 0 Å². The normalized spacial score (nSPS) is 11.9. The zero-order chi connectivity index (χ0) is 25.4. The van der Waals surface area contributed by atoms with Crippen molar-refractivity contribution in [2.75, 3.05) is 13.2 Å². The molecule has 0 saturated heterocycles. The average molecular weight is 489 g/mol. The number of unbranched alkanes of at least 4 members (excludes halogenated alkanes) is 6. The van der Waals surface area contributed by atoms with Gasteiger partial charge in [0.05, 0.1) is 25.6 Å². The van der Waals surface area contributed by atoms with Crippen molar-refractivity contribution in [3.05, 3.63) is 60.9 Å². The Kier molecular flexibility index (Phi) is 12.3. The summed E-state index contributed by atoms with van der Waals surface area (Å²) < 4.78 is 11.7. The van der Waals surface area contributed by atoms with E-state index in [2.05, 4.69) is 79.3 Å². The van der Waals surface area contributed by atoms with Gasteiger partial charge in [0.2, 0.25) is 0 Å². The SMILES string of the molecule is CCCCCCCOc1cnc(-c2ccc(-c3ccc(OCCCCC[C@@H](C)CC)cc3)cc2)nc1. The standard InChI is InChI=1S/C32H44N2O2/c1-4-6-7-8-11-23-36-31-24-33-32(34-25-31)29-16-14-27(15-17-29)28-18-20-30(21-19-28)35-22-12-9-10-13-26(3)5-2/h14-21,24-26H,4-13,22-23H2,1-3H3/t26-/m0/s1. The molecule has 0 saturated carbocycles. The molecule has 36 heavy (non-hydrogen) atoms. The molecule has 3 rings (SSSR count). The van der Waals surface area contributed by atoms with E-state index in [1.807, 2.05) is 0 Å². The monoisotopic (exact) mass is 488 g/mol. The molecule has 1 atom stereocenters. The van der Waals surface area contributed by atoms with E-state index in [1.165, 1.54) is 62.5 Å². The quantitative estimate of drug-likeness (QED) is 0.178. The fraction of sp³-hybridized carbons (Fsp3) is 0.500. The highest BCUT2D eigenvalue weighted by Gasteiger charge is 2.05. The Balaban J connectivity index is 1.42. The van der Waals surface area contributed by atoms with E-state index >= 15 is 0 Å². The molecule has 0 unspecified atom stereocenters. The lowest BCUT2D eigenvalue weighted by Crippen LogP contribution is -1.99. The topological polar surface area (TPSA) is 44.2 Å². The molecule has 3 aromatic rings. The smallest absolute Gasteiger partial charge is 0.159 e. The minimum atomic E-state index is 0.713. The molecule has 194 valence electrons. The van der Waals surface area contributed by atoms with Gasteiger partial charge in [0.1, 0.15) is 5.75 Å². The van der Waals surface area contributed by atoms with Gasteiger partial charge >= 0.3 is 0 Å². The van der Waals surface area contributed by atoms with Gasteiger partial charge in [0, 0.05) is 5.56 Å². The van der Waals surface area contributed by atoms with E-state index in [4.69, 9.17) is 9.47 Å². The Hall–Kier alpha value is -2.88. The molecule has 0 spiro atoms. The van der Waals surface area contributed by atoms with Crippen LogP contribution in [0.5, 0.6) is 11.5 Å². The van der Waals surface area contributed by atoms with E-state index in [9.17, 15) is 0 Å². The van der Waals surface area contributed by atoms with Gasteiger partial charge in [-0.05, 0) is 42.0 Å². The molecule has 0 radical (unpaired) electrons. The first-order valence-corrected chi connectivity index (χ1v) is 14.0. The summed E-state index contributed by atoms with van der Waals surface area (Å²) in [5.41, 5.74) is 3.34. The molecule has 4 heteroatoms. The maximum absolute atomic E-state index is 5.94. The summed E-state index contributed by atoms with van der Waals surface area (Å²) in [5.74, 6) is 3.23. The third-order valence-electron chi connectivity index (χ3n) is 6.78. The lowest BCUT2D eigenvalue weighted by Gasteiger charge is -2.09. The third kappa shape index (κ3) is 9.64. The molecule has 0 aliphatic heterocycles. The van der Waals surface area contributed by atoms with Crippen molar-refractivity contribution < 1.29 is 9.47 Å². The van der Waals surface area contributed by atoms with Gasteiger partial charge in [-0.15, -0.1) is 0 Å². The summed E-state index contributed by atoms with van der Waals surface area (Å²) >= 11 is 0. The highest BCUT2D eigenvalue weighted by molar-refractivity contribution is 5.68. The minimum Gasteiger partial charge on any atom is -0.494 e. The minimum absolute atomic E-state index is 0.713. The number of nitrogens with zero attached hydrogens (tertiary/aromatic N) is 2. The molecular weight excluding hydrogens is 444 g/mol. The Labute approximate surface area is 218 Å². The predicted molar refractivity (Wildman–Crippen MR) is 151 cm³/mol. The first-order chi connectivity index (χ1) is 17.7. The zero-order valence-corrected chi connectivity index (χ0v) is 22.5. The van der Waals surface area contributed by atoms with Crippen LogP contribution in [-0.2, 0) is 0 Å². The summed E-state index contributed by atoms with van der Waals surface area (Å²) in [6, 6.07) is 16.8. The lowest BCUT2D eigenvalue weighted by atomic mass is 10.0. The summed E-state index contributed by atoms with van der Waals surface area (Å²) in [5, 5.41) is 0. The molecule has 0 bridgehead atoms. The van der Waals surface area contributed by atoms with E-state index in [1.54, 1.807) is 12.4 Å². The van der Waals surface area contributed by atoms with Crippen LogP contribution in [-0.4, -0.2) is 23.2 Å². The second-order valence-electron chi connectivity index (χ2n) is 9.82. The Morgan fingerprint density at radius 1 is 0.611 bits per heavy atom. The van der Waals surface area contributed by atoms with Gasteiger partial charge in [0.15, 0.2) is 11.6 Å². The summed E-state index contributed by atoms with van der Waals surface area (Å²) in [6.07, 6.45) is 15.9. The molecule has 1 heterocycles. The first kappa shape index (κ1) is 27.7. The van der Waals surface area contributed by atoms with Crippen molar-refractivity contribution in [1.29, 1.82) is 0 Å². The van der Waals surface area contributed by atoms with E-state index in [0.29, 0.717) is 5.82 Å². The number of hydrogen-bond donors (Lipinski definition) is 0. The van der Waals surface area contributed by atoms with Crippen LogP contribution >= 0.6 is 0 Å². The molecule has 1 aromatic heterocycles. The number of ether oxygens (including phenoxy) is 2. The molecule has 0 N–H and O–H groups in total. The van der Waals surface area contributed by atoms with Crippen LogP contribution in [0.3, 0.4) is 0 Å². The molecule has 2 aromatic carbocycles. The van der Waals surface area contributed by atoms with Gasteiger partial charge in [-0.25, -0.2) is 9.97 Å². The summed E-state index contributed by atoms with van der Waals surface area (Å²) in [7, 11) is 0. The van der Waals surface area contributed by atoms with Gasteiger partial charge in [-0.1, -0.05) is 109 Å². The third-order valence-corrected chi connectivity index (χ3v) is 6.78. The van der Waals surface area contributed by atoms with Crippen LogP contribution in [0.1, 0.15) is 85.0 Å². The molecule has 0 amide bonds. The van der Waals surface area contributed by atoms with Crippen molar-refractivity contribution in [3.63, 3.8) is 0 Å². The highest BCUT2D eigenvalue weighted by atomic mass is 16.5. The second kappa shape index (κ2) is 16.0. The largest absolute Gasteiger partial charge is 0.494 e. The van der Waals surface area contributed by atoms with Crippen LogP contribution in [0.15, 0.2) is 60.9 Å². The van der Waals surface area contributed by atoms with Gasteiger partial charge in [0.25, 0.3) is 0 Å². The van der Waals surface area contributed by atoms with Gasteiger partial charge in [-0.3, -0.25) is 0 Å². The Morgan fingerprint density at radius 3 is 1.75 bits per heavy atom. The Bertz CT molecular complexity index is 969. The highest BCUT2D eigenvalue weighted by Crippen LogP contribution is 2.25. The summed E-state index contributed by atoms with van der Waals surface area (Å²) in [6.45, 7) is 8.35. The maximum Gasteiger partial charge on any atom is 0.159 e. The van der Waals surface area contributed by atoms with Crippen molar-refractivity contribution in [3.8, 4) is 34.0 Å². The van der Waals surface area contributed by atoms with Gasteiger partial charge < -0.3 is 9.47 Å². The maximum atomic E-state index is 5.94. The van der Waals surface area contributed by atoms with Crippen LogP contribution in [0, 0.1) is 5.92 Å². The fourth-order valence-electron chi connectivity index (χ4n) is 4.16. The van der Waals surface area contributed by atoms with E-state index in [-0.39, 0.29) is 0 Å². The zero-order valence-electron chi connectivity index (χ0n) is 22.5. The van der Waals surface area contributed by atoms with E-state index < -0.39 is 0 Å². The fourth-order valence-corrected chi connectivity index (χ4v) is 4.16. The molecule has 0 aliphatic carbocycles. The first-order valence-electron chi connectivity index (χ1n) is 14.0. The van der Waals surface area contributed by atoms with Crippen LogP contribution in [0.2, 0.25) is 0 Å². The molecule has 0 fully saturated rings. The number of rotatable bonds is 17. The average Bonchev–Trinajstić information content (AvgIpc) is 2.93. The van der Waals surface area contributed by atoms with Crippen molar-refractivity contribution in [1.82, 2.24) is 9.97 Å². The van der Waals surface area contributed by atoms with Crippen molar-refractivity contribution in [2.24, 2.45) is 5.92 Å². The van der Waals surface area contributed by atoms with Crippen molar-refractivity contribution in [2.45, 2.75) is 85.0 Å².